The Morgan fingerprint density at radius 2 is 2.15 bits per heavy atom. The molecule has 9 heteroatoms. The molecule has 3 N–H and O–H groups in total. The first-order valence-electron chi connectivity index (χ1n) is 8.35. The van der Waals surface area contributed by atoms with Gasteiger partial charge in [0.05, 0.1) is 16.3 Å². The summed E-state index contributed by atoms with van der Waals surface area (Å²) in [6, 6.07) is 5.90. The predicted octanol–water partition coefficient (Wildman–Crippen LogP) is 1.87. The minimum absolute atomic E-state index is 0.00225. The van der Waals surface area contributed by atoms with Crippen molar-refractivity contribution in [1.82, 2.24) is 10.7 Å². The number of non-ortho nitro benzene ring substituents is 1. The van der Waals surface area contributed by atoms with Crippen LogP contribution in [0.15, 0.2) is 41.0 Å². The van der Waals surface area contributed by atoms with Gasteiger partial charge in [0.2, 0.25) is 0 Å². The van der Waals surface area contributed by atoms with Crippen molar-refractivity contribution in [3.05, 3.63) is 51.6 Å². The van der Waals surface area contributed by atoms with Crippen LogP contribution in [-0.2, 0) is 4.79 Å². The highest BCUT2D eigenvalue weighted by molar-refractivity contribution is 8.15. The molecule has 1 amide bonds. The number of aliphatic hydroxyl groups is 1. The second-order valence-corrected chi connectivity index (χ2v) is 7.59. The fourth-order valence-corrected chi connectivity index (χ4v) is 3.81. The van der Waals surface area contributed by atoms with Gasteiger partial charge in [0, 0.05) is 18.2 Å². The van der Waals surface area contributed by atoms with Gasteiger partial charge in [0.25, 0.3) is 11.6 Å². The number of nitrogens with one attached hydrogen (secondary N) is 2. The highest BCUT2D eigenvalue weighted by Gasteiger charge is 2.26. The van der Waals surface area contributed by atoms with Gasteiger partial charge in [-0.2, -0.15) is 5.10 Å². The number of benzene rings is 1. The number of rotatable bonds is 5. The van der Waals surface area contributed by atoms with Gasteiger partial charge in [-0.3, -0.25) is 14.9 Å². The zero-order chi connectivity index (χ0) is 18.7. The van der Waals surface area contributed by atoms with Crippen LogP contribution in [0.4, 0.5) is 5.69 Å². The summed E-state index contributed by atoms with van der Waals surface area (Å²) in [6.45, 7) is 2.59. The van der Waals surface area contributed by atoms with Crippen LogP contribution in [-0.4, -0.2) is 38.8 Å². The molecule has 3 unspecified atom stereocenters. The maximum atomic E-state index is 11.5. The smallest absolute Gasteiger partial charge is 0.269 e. The first kappa shape index (κ1) is 18.6. The van der Waals surface area contributed by atoms with Crippen LogP contribution in [0.25, 0.3) is 0 Å². The maximum absolute atomic E-state index is 11.5. The van der Waals surface area contributed by atoms with Gasteiger partial charge in [-0.1, -0.05) is 17.8 Å². The number of aliphatic hydroxyl groups excluding tert-OH is 1. The number of hydrogen-bond donors (Lipinski definition) is 3. The van der Waals surface area contributed by atoms with Crippen molar-refractivity contribution in [3.63, 3.8) is 0 Å². The molecule has 0 spiro atoms. The van der Waals surface area contributed by atoms with Gasteiger partial charge >= 0.3 is 0 Å². The fraction of sp³-hybridized carbons (Fsp3) is 0.412. The quantitative estimate of drug-likeness (QED) is 0.533. The number of carbonyl (C=O) groups is 1. The van der Waals surface area contributed by atoms with Crippen molar-refractivity contribution in [2.45, 2.75) is 37.2 Å². The Balaban J connectivity index is 1.67. The lowest BCUT2D eigenvalue weighted by atomic mass is 9.97. The highest BCUT2D eigenvalue weighted by atomic mass is 32.2. The molecule has 2 aliphatic heterocycles. The number of hydrogen-bond acceptors (Lipinski definition) is 7. The molecular formula is C17H20N4O4S. The zero-order valence-corrected chi connectivity index (χ0v) is 15.0. The van der Waals surface area contributed by atoms with E-state index < -0.39 is 11.0 Å². The van der Waals surface area contributed by atoms with E-state index in [0.717, 1.165) is 23.6 Å². The van der Waals surface area contributed by atoms with Crippen LogP contribution in [0.5, 0.6) is 0 Å². The Kier molecular flexibility index (Phi) is 5.70. The molecule has 0 aliphatic carbocycles. The van der Waals surface area contributed by atoms with Gasteiger partial charge in [-0.05, 0) is 49.6 Å². The number of carbonyl (C=O) groups excluding carboxylic acids is 1. The number of thioether (sulfide) groups is 1. The Labute approximate surface area is 154 Å². The van der Waals surface area contributed by atoms with Crippen LogP contribution in [0.2, 0.25) is 0 Å². The van der Waals surface area contributed by atoms with Crippen molar-refractivity contribution in [1.29, 1.82) is 0 Å². The van der Waals surface area contributed by atoms with Gasteiger partial charge < -0.3 is 10.4 Å². The van der Waals surface area contributed by atoms with Crippen LogP contribution in [0.1, 0.15) is 31.4 Å². The molecular weight excluding hydrogens is 356 g/mol. The molecule has 0 saturated carbocycles. The normalized spacial score (nSPS) is 24.3. The standard InChI is InChI=1S/C17H20N4O4S/c1-10-16(23)19-20-17(26-10)12-6-7-18-13(8-12)9-15(22)11-2-4-14(5-3-11)21(24)25/h2-5,8,10,13,15,18,22H,6-7,9H2,1H3,(H,19,23). The molecule has 26 heavy (non-hydrogen) atoms. The summed E-state index contributed by atoms with van der Waals surface area (Å²) in [5.41, 5.74) is 4.24. The molecule has 0 aromatic heterocycles. The van der Waals surface area contributed by atoms with Crippen LogP contribution < -0.4 is 10.7 Å². The monoisotopic (exact) mass is 376 g/mol. The number of hydrazone groups is 1. The minimum atomic E-state index is -0.733. The SMILES string of the molecule is CC1SC(C2=CC(CC(O)c3ccc([N+](=O)[O-])cc3)NCC2)=NNC1=O. The molecule has 1 aromatic rings. The zero-order valence-electron chi connectivity index (χ0n) is 14.2. The largest absolute Gasteiger partial charge is 0.388 e. The van der Waals surface area contributed by atoms with Crippen molar-refractivity contribution in [3.8, 4) is 0 Å². The summed E-state index contributed by atoms with van der Waals surface area (Å²) >= 11 is 1.44. The first-order chi connectivity index (χ1) is 12.4. The number of nitrogens with zero attached hydrogens (tertiary/aromatic N) is 2. The van der Waals surface area contributed by atoms with Crippen LogP contribution >= 0.6 is 11.8 Å². The molecule has 1 aromatic carbocycles. The van der Waals surface area contributed by atoms with E-state index in [1.807, 2.05) is 13.0 Å². The van der Waals surface area contributed by atoms with Crippen LogP contribution in [0, 0.1) is 10.1 Å². The van der Waals surface area contributed by atoms with Crippen LogP contribution in [0.3, 0.4) is 0 Å². The topological polar surface area (TPSA) is 117 Å². The van der Waals surface area contributed by atoms with Gasteiger partial charge in [0.1, 0.15) is 5.04 Å². The third kappa shape index (κ3) is 4.29. The summed E-state index contributed by atoms with van der Waals surface area (Å²) in [6.07, 6.45) is 2.55. The van der Waals surface area contributed by atoms with Crippen molar-refractivity contribution in [2.75, 3.05) is 6.54 Å². The summed E-state index contributed by atoms with van der Waals surface area (Å²) in [5, 5.41) is 29.3. The lowest BCUT2D eigenvalue weighted by Gasteiger charge is -2.27. The summed E-state index contributed by atoms with van der Waals surface area (Å²) < 4.78 is 0. The average Bonchev–Trinajstić information content (AvgIpc) is 2.64. The van der Waals surface area contributed by atoms with E-state index in [2.05, 4.69) is 15.8 Å². The second kappa shape index (κ2) is 7.98. The summed E-state index contributed by atoms with van der Waals surface area (Å²) in [4.78, 5) is 21.8. The molecule has 2 aliphatic rings. The second-order valence-electron chi connectivity index (χ2n) is 6.26. The van der Waals surface area contributed by atoms with Gasteiger partial charge in [0.15, 0.2) is 0 Å². The maximum Gasteiger partial charge on any atom is 0.269 e. The molecule has 0 fully saturated rings. The third-order valence-electron chi connectivity index (χ3n) is 4.37. The van der Waals surface area contributed by atoms with Gasteiger partial charge in [-0.15, -0.1) is 0 Å². The lowest BCUT2D eigenvalue weighted by Crippen LogP contribution is -2.37. The molecule has 3 rings (SSSR count). The molecule has 0 saturated heterocycles. The Morgan fingerprint density at radius 3 is 2.81 bits per heavy atom. The molecule has 0 bridgehead atoms. The summed E-state index contributed by atoms with van der Waals surface area (Å²) in [7, 11) is 0. The molecule has 138 valence electrons. The number of nitro benzene ring substituents is 1. The minimum Gasteiger partial charge on any atom is -0.388 e. The predicted molar refractivity (Wildman–Crippen MR) is 99.8 cm³/mol. The Hall–Kier alpha value is -2.23. The molecule has 2 heterocycles. The number of amides is 1. The van der Waals surface area contributed by atoms with E-state index in [4.69, 9.17) is 0 Å². The molecule has 0 radical (unpaired) electrons. The van der Waals surface area contributed by atoms with E-state index in [-0.39, 0.29) is 22.9 Å². The van der Waals surface area contributed by atoms with Gasteiger partial charge in [-0.25, -0.2) is 5.43 Å². The molecule has 3 atom stereocenters. The average molecular weight is 376 g/mol. The van der Waals surface area contributed by atoms with E-state index in [1.165, 1.54) is 23.9 Å². The lowest BCUT2D eigenvalue weighted by molar-refractivity contribution is -0.384. The first-order valence-corrected chi connectivity index (χ1v) is 9.23. The Morgan fingerprint density at radius 1 is 1.42 bits per heavy atom. The summed E-state index contributed by atoms with van der Waals surface area (Å²) in [5.74, 6) is -0.0987. The van der Waals surface area contributed by atoms with E-state index in [1.54, 1.807) is 12.1 Å². The third-order valence-corrected chi connectivity index (χ3v) is 5.51. The van der Waals surface area contributed by atoms with E-state index in [0.29, 0.717) is 12.0 Å². The number of nitro groups is 1. The van der Waals surface area contributed by atoms with E-state index in [9.17, 15) is 20.0 Å². The van der Waals surface area contributed by atoms with Crippen molar-refractivity contribution in [2.24, 2.45) is 5.10 Å². The highest BCUT2D eigenvalue weighted by Crippen LogP contribution is 2.27. The van der Waals surface area contributed by atoms with Crippen molar-refractivity contribution >= 4 is 28.4 Å². The fourth-order valence-electron chi connectivity index (χ4n) is 2.89. The van der Waals surface area contributed by atoms with E-state index >= 15 is 0 Å². The Bertz CT molecular complexity index is 763. The van der Waals surface area contributed by atoms with Crippen molar-refractivity contribution < 1.29 is 14.8 Å². The molecule has 8 nitrogen and oxygen atoms in total.